The molecule has 0 aliphatic carbocycles. The third-order valence-electron chi connectivity index (χ3n) is 3.04. The summed E-state index contributed by atoms with van der Waals surface area (Å²) in [6.45, 7) is 3.99. The summed E-state index contributed by atoms with van der Waals surface area (Å²) in [5, 5.41) is 12.4. The molecule has 1 aromatic rings. The molecule has 4 heteroatoms. The van der Waals surface area contributed by atoms with Gasteiger partial charge in [-0.2, -0.15) is 0 Å². The number of aryl methyl sites for hydroxylation is 1. The van der Waals surface area contributed by atoms with Gasteiger partial charge in [-0.1, -0.05) is 24.3 Å². The summed E-state index contributed by atoms with van der Waals surface area (Å²) in [5.41, 5.74) is 2.24. The fraction of sp³-hybridized carbons (Fsp3) is 0.417. The Morgan fingerprint density at radius 1 is 1.50 bits per heavy atom. The second-order valence-corrected chi connectivity index (χ2v) is 4.05. The van der Waals surface area contributed by atoms with Gasteiger partial charge in [-0.25, -0.2) is 4.79 Å². The first-order valence-corrected chi connectivity index (χ1v) is 5.46. The van der Waals surface area contributed by atoms with E-state index in [1.54, 1.807) is 0 Å². The van der Waals surface area contributed by atoms with Crippen LogP contribution in [0.1, 0.15) is 17.2 Å². The maximum Gasteiger partial charge on any atom is 0.407 e. The minimum Gasteiger partial charge on any atom is -0.465 e. The molecule has 1 saturated heterocycles. The van der Waals surface area contributed by atoms with E-state index in [-0.39, 0.29) is 6.04 Å². The minimum absolute atomic E-state index is 0.0625. The smallest absolute Gasteiger partial charge is 0.407 e. The van der Waals surface area contributed by atoms with Crippen LogP contribution in [0.2, 0.25) is 0 Å². The molecule has 1 atom stereocenters. The summed E-state index contributed by atoms with van der Waals surface area (Å²) in [7, 11) is 0. The first kappa shape index (κ1) is 11.0. The van der Waals surface area contributed by atoms with Gasteiger partial charge in [0.15, 0.2) is 0 Å². The van der Waals surface area contributed by atoms with Crippen LogP contribution in [0.25, 0.3) is 0 Å². The highest BCUT2D eigenvalue weighted by atomic mass is 16.4. The fourth-order valence-electron chi connectivity index (χ4n) is 2.17. The number of hydrogen-bond donors (Lipinski definition) is 2. The Balaban J connectivity index is 2.30. The number of hydrogen-bond acceptors (Lipinski definition) is 2. The van der Waals surface area contributed by atoms with Crippen molar-refractivity contribution in [1.29, 1.82) is 0 Å². The summed E-state index contributed by atoms with van der Waals surface area (Å²) in [6, 6.07) is 7.89. The number of benzene rings is 1. The van der Waals surface area contributed by atoms with Crippen LogP contribution in [-0.2, 0) is 0 Å². The van der Waals surface area contributed by atoms with Gasteiger partial charge in [0.25, 0.3) is 0 Å². The molecule has 2 N–H and O–H groups in total. The Hall–Kier alpha value is -1.55. The van der Waals surface area contributed by atoms with Crippen molar-refractivity contribution in [1.82, 2.24) is 10.2 Å². The molecule has 0 aromatic heterocycles. The Morgan fingerprint density at radius 3 is 2.94 bits per heavy atom. The third-order valence-corrected chi connectivity index (χ3v) is 3.04. The highest BCUT2D eigenvalue weighted by molar-refractivity contribution is 5.66. The van der Waals surface area contributed by atoms with Crippen LogP contribution >= 0.6 is 0 Å². The Kier molecular flexibility index (Phi) is 3.10. The van der Waals surface area contributed by atoms with Crippen LogP contribution in [0.4, 0.5) is 4.79 Å². The molecule has 0 spiro atoms. The van der Waals surface area contributed by atoms with E-state index in [4.69, 9.17) is 5.11 Å². The Bertz CT molecular complexity index is 392. The standard InChI is InChI=1S/C12H16N2O2/c1-9-4-2-3-5-10(9)11-8-13-6-7-14(11)12(15)16/h2-5,11,13H,6-8H2,1H3,(H,15,16). The molecule has 1 aliphatic rings. The van der Waals surface area contributed by atoms with Crippen LogP contribution < -0.4 is 5.32 Å². The van der Waals surface area contributed by atoms with E-state index < -0.39 is 6.09 Å². The summed E-state index contributed by atoms with van der Waals surface area (Å²) < 4.78 is 0. The summed E-state index contributed by atoms with van der Waals surface area (Å²) in [4.78, 5) is 12.7. The van der Waals surface area contributed by atoms with Crippen LogP contribution in [0.5, 0.6) is 0 Å². The molecule has 1 aromatic carbocycles. The van der Waals surface area contributed by atoms with E-state index in [9.17, 15) is 4.79 Å². The monoisotopic (exact) mass is 220 g/mol. The average Bonchev–Trinajstić information content (AvgIpc) is 2.29. The third kappa shape index (κ3) is 2.02. The molecule has 0 bridgehead atoms. The summed E-state index contributed by atoms with van der Waals surface area (Å²) in [5.74, 6) is 0. The number of amides is 1. The molecule has 4 nitrogen and oxygen atoms in total. The average molecular weight is 220 g/mol. The van der Waals surface area contributed by atoms with E-state index in [0.717, 1.165) is 17.7 Å². The molecule has 0 radical (unpaired) electrons. The molecule has 86 valence electrons. The van der Waals surface area contributed by atoms with Crippen molar-refractivity contribution in [3.05, 3.63) is 35.4 Å². The normalized spacial score (nSPS) is 20.8. The molecule has 1 heterocycles. The quantitative estimate of drug-likeness (QED) is 0.756. The van der Waals surface area contributed by atoms with Crippen molar-refractivity contribution in [2.75, 3.05) is 19.6 Å². The predicted octanol–water partition coefficient (Wildman–Crippen LogP) is 1.62. The van der Waals surface area contributed by atoms with Crippen molar-refractivity contribution in [2.24, 2.45) is 0 Å². The number of nitrogens with zero attached hydrogens (tertiary/aromatic N) is 1. The number of nitrogens with one attached hydrogen (secondary N) is 1. The van der Waals surface area contributed by atoms with E-state index in [2.05, 4.69) is 5.32 Å². The number of carboxylic acid groups (broad SMARTS) is 1. The molecule has 1 aliphatic heterocycles. The van der Waals surface area contributed by atoms with Crippen LogP contribution in [0.15, 0.2) is 24.3 Å². The molecular weight excluding hydrogens is 204 g/mol. The fourth-order valence-corrected chi connectivity index (χ4v) is 2.17. The first-order chi connectivity index (χ1) is 7.70. The molecule has 0 saturated carbocycles. The van der Waals surface area contributed by atoms with Crippen molar-refractivity contribution < 1.29 is 9.90 Å². The number of carbonyl (C=O) groups is 1. The van der Waals surface area contributed by atoms with Gasteiger partial charge in [0.2, 0.25) is 0 Å². The predicted molar refractivity (Wildman–Crippen MR) is 61.5 cm³/mol. The second kappa shape index (κ2) is 4.53. The lowest BCUT2D eigenvalue weighted by molar-refractivity contribution is 0.112. The lowest BCUT2D eigenvalue weighted by Crippen LogP contribution is -2.48. The molecular formula is C12H16N2O2. The van der Waals surface area contributed by atoms with E-state index in [1.807, 2.05) is 31.2 Å². The lowest BCUT2D eigenvalue weighted by Gasteiger charge is -2.35. The van der Waals surface area contributed by atoms with Gasteiger partial charge < -0.3 is 10.4 Å². The van der Waals surface area contributed by atoms with Gasteiger partial charge in [0.05, 0.1) is 6.04 Å². The maximum absolute atomic E-state index is 11.1. The van der Waals surface area contributed by atoms with E-state index >= 15 is 0 Å². The van der Waals surface area contributed by atoms with Gasteiger partial charge in [0, 0.05) is 19.6 Å². The zero-order valence-electron chi connectivity index (χ0n) is 9.31. The zero-order chi connectivity index (χ0) is 11.5. The summed E-state index contributed by atoms with van der Waals surface area (Å²) >= 11 is 0. The SMILES string of the molecule is Cc1ccccc1C1CNCCN1C(=O)O. The van der Waals surface area contributed by atoms with Crippen molar-refractivity contribution in [3.63, 3.8) is 0 Å². The van der Waals surface area contributed by atoms with Crippen molar-refractivity contribution in [3.8, 4) is 0 Å². The topological polar surface area (TPSA) is 52.6 Å². The summed E-state index contributed by atoms with van der Waals surface area (Å²) in [6.07, 6.45) is -0.838. The molecule has 1 amide bonds. The largest absolute Gasteiger partial charge is 0.465 e. The molecule has 1 fully saturated rings. The second-order valence-electron chi connectivity index (χ2n) is 4.05. The number of piperazine rings is 1. The van der Waals surface area contributed by atoms with Gasteiger partial charge in [-0.15, -0.1) is 0 Å². The van der Waals surface area contributed by atoms with Gasteiger partial charge in [-0.3, -0.25) is 4.90 Å². The first-order valence-electron chi connectivity index (χ1n) is 5.46. The molecule has 16 heavy (non-hydrogen) atoms. The van der Waals surface area contributed by atoms with Gasteiger partial charge >= 0.3 is 6.09 Å². The van der Waals surface area contributed by atoms with E-state index in [1.165, 1.54) is 4.90 Å². The Labute approximate surface area is 94.9 Å². The molecule has 1 unspecified atom stereocenters. The van der Waals surface area contributed by atoms with Crippen molar-refractivity contribution in [2.45, 2.75) is 13.0 Å². The van der Waals surface area contributed by atoms with E-state index in [0.29, 0.717) is 13.1 Å². The highest BCUT2D eigenvalue weighted by Crippen LogP contribution is 2.24. The lowest BCUT2D eigenvalue weighted by atomic mass is 9.99. The maximum atomic E-state index is 11.1. The van der Waals surface area contributed by atoms with Gasteiger partial charge in [-0.05, 0) is 18.1 Å². The van der Waals surface area contributed by atoms with Crippen molar-refractivity contribution >= 4 is 6.09 Å². The van der Waals surface area contributed by atoms with Crippen LogP contribution in [0.3, 0.4) is 0 Å². The van der Waals surface area contributed by atoms with Gasteiger partial charge in [0.1, 0.15) is 0 Å². The van der Waals surface area contributed by atoms with Crippen LogP contribution in [-0.4, -0.2) is 35.7 Å². The number of rotatable bonds is 1. The highest BCUT2D eigenvalue weighted by Gasteiger charge is 2.28. The van der Waals surface area contributed by atoms with Crippen LogP contribution in [0, 0.1) is 6.92 Å². The zero-order valence-corrected chi connectivity index (χ0v) is 9.31. The molecule has 2 rings (SSSR count). The minimum atomic E-state index is -0.838. The Morgan fingerprint density at radius 2 is 2.25 bits per heavy atom.